The molecule has 0 spiro atoms. The molecule has 2 heteroatoms. The van der Waals surface area contributed by atoms with Gasteiger partial charge < -0.3 is 5.32 Å². The Hall–Kier alpha value is -1.12. The van der Waals surface area contributed by atoms with E-state index in [1.807, 2.05) is 0 Å². The molecule has 0 aromatic heterocycles. The third kappa shape index (κ3) is 4.19. The van der Waals surface area contributed by atoms with Gasteiger partial charge in [-0.1, -0.05) is 65.3 Å². The van der Waals surface area contributed by atoms with E-state index in [9.17, 15) is 0 Å². The van der Waals surface area contributed by atoms with Crippen LogP contribution in [0.25, 0.3) is 0 Å². The monoisotopic (exact) mass is 331 g/mol. The molecule has 0 radical (unpaired) electrons. The fourth-order valence-corrected chi connectivity index (χ4v) is 3.25. The van der Waals surface area contributed by atoms with Crippen molar-refractivity contribution in [1.82, 2.24) is 5.32 Å². The molecule has 1 N–H and O–H groups in total. The van der Waals surface area contributed by atoms with Gasteiger partial charge in [0.05, 0.1) is 0 Å². The minimum Gasteiger partial charge on any atom is -0.310 e. The van der Waals surface area contributed by atoms with Crippen LogP contribution in [-0.2, 0) is 6.42 Å². The summed E-state index contributed by atoms with van der Waals surface area (Å²) in [6.07, 6.45) is 2.21. The molecule has 0 heterocycles. The van der Waals surface area contributed by atoms with E-state index in [0.717, 1.165) is 19.4 Å². The molecular weight excluding hydrogens is 310 g/mol. The molecule has 2 aromatic rings. The highest BCUT2D eigenvalue weighted by atomic mass is 79.9. The lowest BCUT2D eigenvalue weighted by Crippen LogP contribution is -2.22. The van der Waals surface area contributed by atoms with E-state index < -0.39 is 0 Å². The third-order valence-electron chi connectivity index (χ3n) is 3.55. The molecule has 20 heavy (non-hydrogen) atoms. The van der Waals surface area contributed by atoms with Gasteiger partial charge in [0.1, 0.15) is 0 Å². The predicted molar refractivity (Wildman–Crippen MR) is 90.1 cm³/mol. The average Bonchev–Trinajstić information content (AvgIpc) is 2.45. The Balaban J connectivity index is 2.10. The van der Waals surface area contributed by atoms with Gasteiger partial charge in [-0.2, -0.15) is 0 Å². The number of hydrogen-bond acceptors (Lipinski definition) is 1. The summed E-state index contributed by atoms with van der Waals surface area (Å²) in [6.45, 7) is 5.28. The van der Waals surface area contributed by atoms with Crippen LogP contribution in [0.2, 0.25) is 0 Å². The third-order valence-corrected chi connectivity index (χ3v) is 4.23. The number of benzene rings is 2. The zero-order valence-corrected chi connectivity index (χ0v) is 13.8. The maximum absolute atomic E-state index is 3.70. The maximum Gasteiger partial charge on any atom is 0.0334 e. The SMILES string of the molecule is CCNC(CCc1ccccc1)c1ccc(C)cc1Br. The van der Waals surface area contributed by atoms with Gasteiger partial charge in [-0.15, -0.1) is 0 Å². The van der Waals surface area contributed by atoms with Crippen LogP contribution in [0.3, 0.4) is 0 Å². The fraction of sp³-hybridized carbons (Fsp3) is 0.333. The molecule has 0 amide bonds. The molecule has 0 saturated heterocycles. The second kappa shape index (κ2) is 7.61. The summed E-state index contributed by atoms with van der Waals surface area (Å²) in [5.41, 5.74) is 4.05. The molecule has 1 unspecified atom stereocenters. The van der Waals surface area contributed by atoms with Gasteiger partial charge in [-0.05, 0) is 49.1 Å². The normalized spacial score (nSPS) is 12.3. The second-order valence-corrected chi connectivity index (χ2v) is 6.01. The van der Waals surface area contributed by atoms with Crippen molar-refractivity contribution in [2.75, 3.05) is 6.54 Å². The smallest absolute Gasteiger partial charge is 0.0334 e. The van der Waals surface area contributed by atoms with E-state index in [-0.39, 0.29) is 0 Å². The van der Waals surface area contributed by atoms with Crippen molar-refractivity contribution < 1.29 is 0 Å². The van der Waals surface area contributed by atoms with E-state index in [1.54, 1.807) is 0 Å². The summed E-state index contributed by atoms with van der Waals surface area (Å²) >= 11 is 3.70. The second-order valence-electron chi connectivity index (χ2n) is 5.16. The van der Waals surface area contributed by atoms with Gasteiger partial charge in [-0.25, -0.2) is 0 Å². The van der Waals surface area contributed by atoms with Crippen molar-refractivity contribution in [1.29, 1.82) is 0 Å². The highest BCUT2D eigenvalue weighted by Gasteiger charge is 2.13. The number of rotatable bonds is 6. The fourth-order valence-electron chi connectivity index (χ4n) is 2.48. The lowest BCUT2D eigenvalue weighted by molar-refractivity contribution is 0.513. The summed E-state index contributed by atoms with van der Waals surface area (Å²) < 4.78 is 1.21. The first-order valence-corrected chi connectivity index (χ1v) is 8.03. The van der Waals surface area contributed by atoms with Gasteiger partial charge >= 0.3 is 0 Å². The van der Waals surface area contributed by atoms with Crippen LogP contribution in [0.15, 0.2) is 53.0 Å². The number of aryl methyl sites for hydroxylation is 2. The standard InChI is InChI=1S/C18H22BrN/c1-3-20-18(12-10-15-7-5-4-6-8-15)16-11-9-14(2)13-17(16)19/h4-9,11,13,18,20H,3,10,12H2,1-2H3. The topological polar surface area (TPSA) is 12.0 Å². The van der Waals surface area contributed by atoms with Gasteiger partial charge in [0.25, 0.3) is 0 Å². The van der Waals surface area contributed by atoms with Crippen molar-refractivity contribution in [2.45, 2.75) is 32.7 Å². The van der Waals surface area contributed by atoms with Crippen molar-refractivity contribution in [3.63, 3.8) is 0 Å². The molecule has 2 rings (SSSR count). The summed E-state index contributed by atoms with van der Waals surface area (Å²) in [4.78, 5) is 0. The minimum absolute atomic E-state index is 0.398. The van der Waals surface area contributed by atoms with Crippen LogP contribution in [0.1, 0.15) is 36.1 Å². The molecule has 0 aliphatic carbocycles. The molecular formula is C18H22BrN. The number of hydrogen-bond donors (Lipinski definition) is 1. The summed E-state index contributed by atoms with van der Waals surface area (Å²) in [6, 6.07) is 17.7. The Morgan fingerprint density at radius 3 is 2.50 bits per heavy atom. The summed E-state index contributed by atoms with van der Waals surface area (Å²) in [5.74, 6) is 0. The first-order valence-electron chi connectivity index (χ1n) is 7.24. The molecule has 1 nitrogen and oxygen atoms in total. The first-order chi connectivity index (χ1) is 9.70. The number of nitrogens with one attached hydrogen (secondary N) is 1. The van der Waals surface area contributed by atoms with E-state index in [1.165, 1.54) is 21.2 Å². The maximum atomic E-state index is 3.70. The summed E-state index contributed by atoms with van der Waals surface area (Å²) in [5, 5.41) is 3.60. The number of halogens is 1. The van der Waals surface area contributed by atoms with E-state index in [2.05, 4.69) is 83.6 Å². The van der Waals surface area contributed by atoms with Crippen LogP contribution < -0.4 is 5.32 Å². The van der Waals surface area contributed by atoms with E-state index in [4.69, 9.17) is 0 Å². The highest BCUT2D eigenvalue weighted by Crippen LogP contribution is 2.27. The zero-order chi connectivity index (χ0) is 14.4. The van der Waals surface area contributed by atoms with E-state index >= 15 is 0 Å². The molecule has 1 atom stereocenters. The minimum atomic E-state index is 0.398. The predicted octanol–water partition coefficient (Wildman–Crippen LogP) is 5.04. The summed E-state index contributed by atoms with van der Waals surface area (Å²) in [7, 11) is 0. The largest absolute Gasteiger partial charge is 0.310 e. The Kier molecular flexibility index (Phi) is 5.81. The van der Waals surface area contributed by atoms with Gasteiger partial charge in [0, 0.05) is 10.5 Å². The molecule has 106 valence electrons. The highest BCUT2D eigenvalue weighted by molar-refractivity contribution is 9.10. The van der Waals surface area contributed by atoms with Gasteiger partial charge in [0.2, 0.25) is 0 Å². The van der Waals surface area contributed by atoms with Crippen molar-refractivity contribution in [3.8, 4) is 0 Å². The lowest BCUT2D eigenvalue weighted by Gasteiger charge is -2.20. The molecule has 0 aliphatic heterocycles. The molecule has 0 saturated carbocycles. The average molecular weight is 332 g/mol. The quantitative estimate of drug-likeness (QED) is 0.781. The first kappa shape index (κ1) is 15.3. The Morgan fingerprint density at radius 2 is 1.85 bits per heavy atom. The van der Waals surface area contributed by atoms with Crippen molar-refractivity contribution >= 4 is 15.9 Å². The van der Waals surface area contributed by atoms with Crippen LogP contribution in [0.4, 0.5) is 0 Å². The molecule has 0 aliphatic rings. The van der Waals surface area contributed by atoms with Gasteiger partial charge in [-0.3, -0.25) is 0 Å². The van der Waals surface area contributed by atoms with Crippen LogP contribution in [0.5, 0.6) is 0 Å². The molecule has 0 fully saturated rings. The Bertz CT molecular complexity index is 536. The van der Waals surface area contributed by atoms with Crippen molar-refractivity contribution in [3.05, 3.63) is 69.7 Å². The molecule has 0 bridgehead atoms. The van der Waals surface area contributed by atoms with Gasteiger partial charge in [0.15, 0.2) is 0 Å². The van der Waals surface area contributed by atoms with Crippen LogP contribution >= 0.6 is 15.9 Å². The Labute approximate surface area is 130 Å². The molecule has 2 aromatic carbocycles. The van der Waals surface area contributed by atoms with Crippen LogP contribution in [0, 0.1) is 6.92 Å². The lowest BCUT2D eigenvalue weighted by atomic mass is 9.98. The van der Waals surface area contributed by atoms with Crippen LogP contribution in [-0.4, -0.2) is 6.54 Å². The van der Waals surface area contributed by atoms with E-state index in [0.29, 0.717) is 6.04 Å². The Morgan fingerprint density at radius 1 is 1.10 bits per heavy atom. The zero-order valence-electron chi connectivity index (χ0n) is 12.2. The van der Waals surface area contributed by atoms with Crippen molar-refractivity contribution in [2.24, 2.45) is 0 Å².